The Kier molecular flexibility index (Phi) is 6.86. The van der Waals surface area contributed by atoms with Crippen LogP contribution in [-0.4, -0.2) is 34.6 Å². The third-order valence-corrected chi connectivity index (χ3v) is 1.84. The fraction of sp³-hybridized carbons (Fsp3) is 0.545. The smallest absolute Gasteiger partial charge is 0.175 e. The number of likely N-dealkylation sites (N-methyl/N-ethyl adjacent to an activating group) is 1. The SMILES string of the molecule is CCC(O)(O)CNC.Cc1cccnc1. The number of hydrogen-bond acceptors (Lipinski definition) is 4. The predicted octanol–water partition coefficient (Wildman–Crippen LogP) is 0.687. The van der Waals surface area contributed by atoms with Gasteiger partial charge in [0.25, 0.3) is 0 Å². The van der Waals surface area contributed by atoms with E-state index in [-0.39, 0.29) is 6.54 Å². The van der Waals surface area contributed by atoms with Gasteiger partial charge in [0.15, 0.2) is 5.79 Å². The minimum absolute atomic E-state index is 0.226. The minimum Gasteiger partial charge on any atom is -0.365 e. The van der Waals surface area contributed by atoms with Crippen molar-refractivity contribution < 1.29 is 10.2 Å². The molecule has 1 heterocycles. The first-order valence-electron chi connectivity index (χ1n) is 4.98. The van der Waals surface area contributed by atoms with Crippen molar-refractivity contribution in [3.8, 4) is 0 Å². The number of aromatic nitrogens is 1. The van der Waals surface area contributed by atoms with E-state index in [0.29, 0.717) is 6.42 Å². The number of nitrogens with one attached hydrogen (secondary N) is 1. The van der Waals surface area contributed by atoms with Crippen LogP contribution in [0.5, 0.6) is 0 Å². The minimum atomic E-state index is -1.52. The van der Waals surface area contributed by atoms with Crippen LogP contribution < -0.4 is 5.32 Å². The molecule has 0 aromatic carbocycles. The van der Waals surface area contributed by atoms with Gasteiger partial charge >= 0.3 is 0 Å². The van der Waals surface area contributed by atoms with Gasteiger partial charge < -0.3 is 15.5 Å². The maximum Gasteiger partial charge on any atom is 0.175 e. The number of rotatable bonds is 3. The molecule has 0 unspecified atom stereocenters. The highest BCUT2D eigenvalue weighted by molar-refractivity contribution is 5.04. The Bertz CT molecular complexity index is 250. The van der Waals surface area contributed by atoms with E-state index in [1.165, 1.54) is 5.56 Å². The van der Waals surface area contributed by atoms with Crippen molar-refractivity contribution in [3.05, 3.63) is 30.1 Å². The van der Waals surface area contributed by atoms with Gasteiger partial charge in [-0.1, -0.05) is 13.0 Å². The quantitative estimate of drug-likeness (QED) is 0.645. The Labute approximate surface area is 91.0 Å². The normalized spacial score (nSPS) is 10.5. The van der Waals surface area contributed by atoms with Crippen LogP contribution in [0.3, 0.4) is 0 Å². The molecule has 0 fully saturated rings. The third-order valence-electron chi connectivity index (χ3n) is 1.84. The second-order valence-corrected chi connectivity index (χ2v) is 3.40. The van der Waals surface area contributed by atoms with E-state index in [2.05, 4.69) is 10.3 Å². The maximum absolute atomic E-state index is 8.82. The molecule has 1 rings (SSSR count). The zero-order chi connectivity index (χ0) is 11.7. The number of aliphatic hydroxyl groups is 2. The molecular formula is C11H20N2O2. The molecule has 0 saturated carbocycles. The van der Waals surface area contributed by atoms with Crippen molar-refractivity contribution in [2.24, 2.45) is 0 Å². The molecule has 0 spiro atoms. The van der Waals surface area contributed by atoms with Gasteiger partial charge in [-0.2, -0.15) is 0 Å². The highest BCUT2D eigenvalue weighted by Gasteiger charge is 2.17. The van der Waals surface area contributed by atoms with Crippen LogP contribution in [0.15, 0.2) is 24.5 Å². The number of hydrogen-bond donors (Lipinski definition) is 3. The molecule has 0 atom stereocenters. The monoisotopic (exact) mass is 212 g/mol. The topological polar surface area (TPSA) is 65.4 Å². The van der Waals surface area contributed by atoms with Crippen molar-refractivity contribution in [1.82, 2.24) is 10.3 Å². The van der Waals surface area contributed by atoms with E-state index >= 15 is 0 Å². The number of pyridine rings is 1. The first-order valence-corrected chi connectivity index (χ1v) is 4.98. The summed E-state index contributed by atoms with van der Waals surface area (Å²) in [7, 11) is 1.68. The Morgan fingerprint density at radius 3 is 2.33 bits per heavy atom. The number of nitrogens with zero attached hydrogens (tertiary/aromatic N) is 1. The van der Waals surface area contributed by atoms with E-state index in [1.54, 1.807) is 20.2 Å². The summed E-state index contributed by atoms with van der Waals surface area (Å²) in [4.78, 5) is 3.88. The molecule has 4 heteroatoms. The summed E-state index contributed by atoms with van der Waals surface area (Å²) in [5, 5.41) is 20.3. The average Bonchev–Trinajstić information content (AvgIpc) is 2.20. The van der Waals surface area contributed by atoms with Gasteiger partial charge in [0.2, 0.25) is 0 Å². The Hall–Kier alpha value is -0.970. The standard InChI is InChI=1S/C6H7N.C5H13NO2/c1-6-3-2-4-7-5-6;1-3-5(7,8)4-6-2/h2-5H,1H3;6-8H,3-4H2,1-2H3. The second kappa shape index (κ2) is 7.34. The van der Waals surface area contributed by atoms with Crippen molar-refractivity contribution in [2.75, 3.05) is 13.6 Å². The Morgan fingerprint density at radius 2 is 2.13 bits per heavy atom. The third kappa shape index (κ3) is 8.05. The lowest BCUT2D eigenvalue weighted by molar-refractivity contribution is -0.157. The number of aryl methyl sites for hydroxylation is 1. The molecule has 3 N–H and O–H groups in total. The van der Waals surface area contributed by atoms with Gasteiger partial charge in [-0.15, -0.1) is 0 Å². The average molecular weight is 212 g/mol. The van der Waals surface area contributed by atoms with Crippen LogP contribution in [-0.2, 0) is 0 Å². The van der Waals surface area contributed by atoms with E-state index < -0.39 is 5.79 Å². The highest BCUT2D eigenvalue weighted by Crippen LogP contribution is 2.00. The lowest BCUT2D eigenvalue weighted by atomic mass is 10.2. The molecule has 15 heavy (non-hydrogen) atoms. The lowest BCUT2D eigenvalue weighted by Crippen LogP contribution is -2.38. The first-order chi connectivity index (χ1) is 7.02. The van der Waals surface area contributed by atoms with Gasteiger partial charge in [0.05, 0.1) is 0 Å². The molecule has 86 valence electrons. The van der Waals surface area contributed by atoms with E-state index in [9.17, 15) is 0 Å². The molecule has 1 aromatic rings. The molecule has 4 nitrogen and oxygen atoms in total. The van der Waals surface area contributed by atoms with Gasteiger partial charge in [-0.25, -0.2) is 0 Å². The van der Waals surface area contributed by atoms with Gasteiger partial charge in [0, 0.05) is 18.9 Å². The highest BCUT2D eigenvalue weighted by atomic mass is 16.5. The molecule has 0 aliphatic heterocycles. The van der Waals surface area contributed by atoms with Crippen LogP contribution in [0.25, 0.3) is 0 Å². The van der Waals surface area contributed by atoms with Crippen LogP contribution in [0.4, 0.5) is 0 Å². The molecule has 0 bridgehead atoms. The fourth-order valence-corrected chi connectivity index (χ4v) is 0.856. The zero-order valence-electron chi connectivity index (χ0n) is 9.57. The molecule has 0 amide bonds. The van der Waals surface area contributed by atoms with Gasteiger partial charge in [-0.3, -0.25) is 4.98 Å². The van der Waals surface area contributed by atoms with Gasteiger partial charge in [-0.05, 0) is 32.0 Å². The Morgan fingerprint density at radius 1 is 1.47 bits per heavy atom. The van der Waals surface area contributed by atoms with Gasteiger partial charge in [0.1, 0.15) is 0 Å². The van der Waals surface area contributed by atoms with E-state index in [0.717, 1.165) is 0 Å². The zero-order valence-corrected chi connectivity index (χ0v) is 9.57. The lowest BCUT2D eigenvalue weighted by Gasteiger charge is -2.18. The molecule has 1 aromatic heterocycles. The summed E-state index contributed by atoms with van der Waals surface area (Å²) in [5.41, 5.74) is 1.21. The predicted molar refractivity (Wildman–Crippen MR) is 60.4 cm³/mol. The molecule has 0 aliphatic rings. The summed E-state index contributed by atoms with van der Waals surface area (Å²) in [5.74, 6) is -1.52. The van der Waals surface area contributed by atoms with E-state index in [1.807, 2.05) is 25.3 Å². The van der Waals surface area contributed by atoms with Crippen LogP contribution in [0.1, 0.15) is 18.9 Å². The fourth-order valence-electron chi connectivity index (χ4n) is 0.856. The summed E-state index contributed by atoms with van der Waals surface area (Å²) in [6, 6.07) is 3.95. The maximum atomic E-state index is 8.82. The summed E-state index contributed by atoms with van der Waals surface area (Å²) < 4.78 is 0. The summed E-state index contributed by atoms with van der Waals surface area (Å²) in [6.45, 7) is 3.97. The van der Waals surface area contributed by atoms with Crippen molar-refractivity contribution >= 4 is 0 Å². The molecule has 0 saturated heterocycles. The Balaban J connectivity index is 0.000000262. The summed E-state index contributed by atoms with van der Waals surface area (Å²) >= 11 is 0. The van der Waals surface area contributed by atoms with Crippen molar-refractivity contribution in [2.45, 2.75) is 26.1 Å². The van der Waals surface area contributed by atoms with Crippen LogP contribution in [0.2, 0.25) is 0 Å². The van der Waals surface area contributed by atoms with Crippen molar-refractivity contribution in [3.63, 3.8) is 0 Å². The molecule has 0 radical (unpaired) electrons. The van der Waals surface area contributed by atoms with Crippen LogP contribution in [0, 0.1) is 6.92 Å². The molecular weight excluding hydrogens is 192 g/mol. The second-order valence-electron chi connectivity index (χ2n) is 3.40. The summed E-state index contributed by atoms with van der Waals surface area (Å²) in [6.07, 6.45) is 3.96. The molecule has 0 aliphatic carbocycles. The largest absolute Gasteiger partial charge is 0.365 e. The van der Waals surface area contributed by atoms with Crippen molar-refractivity contribution in [1.29, 1.82) is 0 Å². The first kappa shape index (κ1) is 14.0. The van der Waals surface area contributed by atoms with E-state index in [4.69, 9.17) is 10.2 Å². The van der Waals surface area contributed by atoms with Crippen LogP contribution >= 0.6 is 0 Å².